The van der Waals surface area contributed by atoms with Crippen molar-refractivity contribution in [3.63, 3.8) is 0 Å². The van der Waals surface area contributed by atoms with Crippen LogP contribution in [-0.2, 0) is 23.7 Å². The SMILES string of the molecule is CCCCCCCCCOO[P+](=O)OOCCCCCCCCC. The smallest absolute Gasteiger partial charge is 0.187 e. The van der Waals surface area contributed by atoms with Crippen molar-refractivity contribution in [2.45, 2.75) is 104 Å². The lowest BCUT2D eigenvalue weighted by molar-refractivity contribution is -0.259. The summed E-state index contributed by atoms with van der Waals surface area (Å²) in [4.78, 5) is 9.74. The Bertz CT molecular complexity index is 240. The van der Waals surface area contributed by atoms with Gasteiger partial charge in [-0.25, -0.2) is 0 Å². The van der Waals surface area contributed by atoms with E-state index >= 15 is 0 Å². The van der Waals surface area contributed by atoms with Crippen LogP contribution in [0, 0.1) is 0 Å². The van der Waals surface area contributed by atoms with Crippen molar-refractivity contribution >= 4 is 8.25 Å². The zero-order valence-corrected chi connectivity index (χ0v) is 16.7. The van der Waals surface area contributed by atoms with Gasteiger partial charge in [0, 0.05) is 4.57 Å². The molecule has 0 N–H and O–H groups in total. The molecule has 0 unspecified atom stereocenters. The van der Waals surface area contributed by atoms with Crippen LogP contribution in [0.2, 0.25) is 0 Å². The van der Waals surface area contributed by atoms with Crippen LogP contribution < -0.4 is 0 Å². The largest absolute Gasteiger partial charge is 0.759 e. The normalized spacial score (nSPS) is 11.1. The molecule has 0 aromatic heterocycles. The van der Waals surface area contributed by atoms with E-state index in [-0.39, 0.29) is 0 Å². The second-order valence-electron chi connectivity index (χ2n) is 6.26. The van der Waals surface area contributed by atoms with Crippen molar-refractivity contribution in [3.8, 4) is 0 Å². The quantitative estimate of drug-likeness (QED) is 0.100. The predicted molar refractivity (Wildman–Crippen MR) is 97.7 cm³/mol. The van der Waals surface area contributed by atoms with Crippen LogP contribution in [0.5, 0.6) is 0 Å². The molecule has 0 saturated heterocycles. The molecule has 5 nitrogen and oxygen atoms in total. The molecule has 0 fully saturated rings. The van der Waals surface area contributed by atoms with Gasteiger partial charge in [0.15, 0.2) is 0 Å². The maximum Gasteiger partial charge on any atom is 0.759 e. The molecular weight excluding hydrogens is 327 g/mol. The van der Waals surface area contributed by atoms with Crippen molar-refractivity contribution in [1.82, 2.24) is 0 Å². The zero-order chi connectivity index (χ0) is 17.7. The fourth-order valence-electron chi connectivity index (χ4n) is 2.41. The molecule has 0 aliphatic carbocycles. The first kappa shape index (κ1) is 23.9. The van der Waals surface area contributed by atoms with E-state index in [1.165, 1.54) is 64.2 Å². The third-order valence-electron chi connectivity index (χ3n) is 3.89. The fourth-order valence-corrected chi connectivity index (χ4v) is 2.76. The van der Waals surface area contributed by atoms with Crippen molar-refractivity contribution in [2.75, 3.05) is 13.2 Å². The summed E-state index contributed by atoms with van der Waals surface area (Å²) >= 11 is 0. The third kappa shape index (κ3) is 20.0. The predicted octanol–water partition coefficient (Wildman–Crippen LogP) is 7.04. The third-order valence-corrected chi connectivity index (χ3v) is 4.34. The molecule has 0 rings (SSSR count). The highest BCUT2D eigenvalue weighted by atomic mass is 31.1. The molecule has 0 aromatic rings. The number of rotatable bonds is 20. The van der Waals surface area contributed by atoms with E-state index in [2.05, 4.69) is 23.2 Å². The van der Waals surface area contributed by atoms with Crippen molar-refractivity contribution in [2.24, 2.45) is 0 Å². The van der Waals surface area contributed by atoms with Crippen LogP contribution in [0.1, 0.15) is 104 Å². The van der Waals surface area contributed by atoms with E-state index in [4.69, 9.17) is 9.78 Å². The van der Waals surface area contributed by atoms with Gasteiger partial charge in [-0.05, 0) is 12.8 Å². The molecule has 0 bridgehead atoms. The van der Waals surface area contributed by atoms with Crippen LogP contribution in [0.3, 0.4) is 0 Å². The van der Waals surface area contributed by atoms with E-state index in [0.29, 0.717) is 13.2 Å². The first-order valence-electron chi connectivity index (χ1n) is 9.87. The van der Waals surface area contributed by atoms with Crippen LogP contribution in [0.15, 0.2) is 0 Å². The molecule has 0 aliphatic heterocycles. The first-order chi connectivity index (χ1) is 11.8. The Morgan fingerprint density at radius 1 is 0.542 bits per heavy atom. The van der Waals surface area contributed by atoms with Gasteiger partial charge >= 0.3 is 8.25 Å². The first-order valence-corrected chi connectivity index (χ1v) is 11.0. The zero-order valence-electron chi connectivity index (χ0n) is 15.8. The number of unbranched alkanes of at least 4 members (excludes halogenated alkanes) is 12. The van der Waals surface area contributed by atoms with Crippen LogP contribution in [0.4, 0.5) is 0 Å². The number of hydrogen-bond acceptors (Lipinski definition) is 5. The van der Waals surface area contributed by atoms with Gasteiger partial charge in [0.1, 0.15) is 0 Å². The molecule has 0 saturated carbocycles. The average molecular weight is 365 g/mol. The standard InChI is InChI=1S/C18H38O5P/c1-3-5-7-9-11-13-15-17-20-22-24(19)23-21-18-16-14-12-10-8-6-4-2/h3-18H2,1-2H3/q+1. The second kappa shape index (κ2) is 21.0. The Morgan fingerprint density at radius 2 is 0.875 bits per heavy atom. The van der Waals surface area contributed by atoms with Crippen LogP contribution in [-0.4, -0.2) is 13.2 Å². The Hall–Kier alpha value is -0.0600. The van der Waals surface area contributed by atoms with Gasteiger partial charge in [0.25, 0.3) is 0 Å². The molecule has 6 heteroatoms. The Balaban J connectivity index is 3.13. The summed E-state index contributed by atoms with van der Waals surface area (Å²) in [5.41, 5.74) is 0. The summed E-state index contributed by atoms with van der Waals surface area (Å²) in [6.45, 7) is 5.31. The summed E-state index contributed by atoms with van der Waals surface area (Å²) in [5, 5.41) is 0. The maximum absolute atomic E-state index is 11.3. The molecule has 0 aromatic carbocycles. The summed E-state index contributed by atoms with van der Waals surface area (Å²) in [7, 11) is -2.34. The van der Waals surface area contributed by atoms with Crippen molar-refractivity contribution in [3.05, 3.63) is 0 Å². The van der Waals surface area contributed by atoms with E-state index in [1.54, 1.807) is 0 Å². The van der Waals surface area contributed by atoms with Crippen molar-refractivity contribution < 1.29 is 23.7 Å². The van der Waals surface area contributed by atoms with Crippen LogP contribution >= 0.6 is 8.25 Å². The lowest BCUT2D eigenvalue weighted by Gasteiger charge is -1.99. The van der Waals surface area contributed by atoms with Gasteiger partial charge < -0.3 is 0 Å². The highest BCUT2D eigenvalue weighted by molar-refractivity contribution is 7.32. The highest BCUT2D eigenvalue weighted by Crippen LogP contribution is 2.24. The fraction of sp³-hybridized carbons (Fsp3) is 1.00. The summed E-state index contributed by atoms with van der Waals surface area (Å²) in [5.74, 6) is 0. The average Bonchev–Trinajstić information content (AvgIpc) is 2.59. The van der Waals surface area contributed by atoms with E-state index in [9.17, 15) is 4.57 Å². The molecule has 0 radical (unpaired) electrons. The van der Waals surface area contributed by atoms with Gasteiger partial charge in [0.2, 0.25) is 0 Å². The molecule has 24 heavy (non-hydrogen) atoms. The van der Waals surface area contributed by atoms with Crippen molar-refractivity contribution in [1.29, 1.82) is 0 Å². The Kier molecular flexibility index (Phi) is 20.9. The minimum atomic E-state index is -2.34. The monoisotopic (exact) mass is 365 g/mol. The maximum atomic E-state index is 11.3. The summed E-state index contributed by atoms with van der Waals surface area (Å²) in [6.07, 6.45) is 16.8. The lowest BCUT2D eigenvalue weighted by Crippen LogP contribution is -1.95. The van der Waals surface area contributed by atoms with E-state index in [1.807, 2.05) is 0 Å². The van der Waals surface area contributed by atoms with Gasteiger partial charge in [-0.2, -0.15) is 9.78 Å². The van der Waals surface area contributed by atoms with Gasteiger partial charge in [-0.3, -0.25) is 0 Å². The molecule has 0 spiro atoms. The Labute approximate surface area is 149 Å². The molecular formula is C18H38O5P+. The minimum Gasteiger partial charge on any atom is -0.187 e. The topological polar surface area (TPSA) is 54.0 Å². The minimum absolute atomic E-state index is 0.440. The van der Waals surface area contributed by atoms with Gasteiger partial charge in [0.05, 0.1) is 22.6 Å². The number of hydrogen-bond donors (Lipinski definition) is 0. The molecule has 0 aliphatic rings. The summed E-state index contributed by atoms with van der Waals surface area (Å²) < 4.78 is 20.6. The summed E-state index contributed by atoms with van der Waals surface area (Å²) in [6, 6.07) is 0. The molecule has 0 amide bonds. The van der Waals surface area contributed by atoms with E-state index < -0.39 is 8.25 Å². The van der Waals surface area contributed by atoms with Gasteiger partial charge in [-0.1, -0.05) is 90.9 Å². The molecule has 0 atom stereocenters. The second-order valence-corrected chi connectivity index (χ2v) is 7.00. The van der Waals surface area contributed by atoms with Crippen LogP contribution in [0.25, 0.3) is 0 Å². The molecule has 0 heterocycles. The van der Waals surface area contributed by atoms with Gasteiger partial charge in [-0.15, -0.1) is 0 Å². The highest BCUT2D eigenvalue weighted by Gasteiger charge is 2.24. The van der Waals surface area contributed by atoms with E-state index in [0.717, 1.165) is 25.7 Å². The lowest BCUT2D eigenvalue weighted by atomic mass is 10.1. The Morgan fingerprint density at radius 3 is 1.25 bits per heavy atom. The molecule has 144 valence electrons.